The maximum Gasteiger partial charge on any atom is 0.335 e. The molecule has 0 bridgehead atoms. The molecule has 0 spiro atoms. The number of aliphatic hydroxyl groups excluding tert-OH is 4. The number of alkyl halides is 2. The monoisotopic (exact) mass is 499 g/mol. The van der Waals surface area contributed by atoms with Crippen LogP contribution < -0.4 is 10.5 Å². The molecule has 1 aliphatic heterocycles. The smallest absolute Gasteiger partial charge is 0.335 e. The van der Waals surface area contributed by atoms with Crippen LogP contribution in [0.3, 0.4) is 0 Å². The van der Waals surface area contributed by atoms with Crippen LogP contribution in [0.5, 0.6) is 0 Å². The summed E-state index contributed by atoms with van der Waals surface area (Å²) in [4.78, 5) is 21.6. The van der Waals surface area contributed by atoms with Gasteiger partial charge in [0.05, 0.1) is 18.3 Å². The van der Waals surface area contributed by atoms with E-state index < -0.39 is 71.4 Å². The van der Waals surface area contributed by atoms with Crippen LogP contribution in [-0.2, 0) is 19.1 Å². The molecule has 32 heavy (non-hydrogen) atoms. The van der Waals surface area contributed by atoms with Gasteiger partial charge in [0.2, 0.25) is 0 Å². The van der Waals surface area contributed by atoms with Gasteiger partial charge in [-0.3, -0.25) is 10.0 Å². The summed E-state index contributed by atoms with van der Waals surface area (Å²) in [5.74, 6) is -2.53. The number of anilines is 1. The van der Waals surface area contributed by atoms with E-state index in [9.17, 15) is 35.2 Å². The molecular weight excluding hydrogens is 479 g/mol. The average Bonchev–Trinajstić information content (AvgIpc) is 2.75. The highest BCUT2D eigenvalue weighted by molar-refractivity contribution is 6.53. The SMILES string of the molecule is O=C(NC(COC1OC(C(=O)O)C(O)C(O)C1O)C(O)c1ccc(N([O-])O)cc1)C(Cl)Cl. The molecule has 1 aliphatic rings. The van der Waals surface area contributed by atoms with Gasteiger partial charge in [-0.1, -0.05) is 35.3 Å². The first-order valence-electron chi connectivity index (χ1n) is 9.00. The van der Waals surface area contributed by atoms with Gasteiger partial charge in [-0.05, 0) is 17.7 Å². The average molecular weight is 500 g/mol. The number of hydrogen-bond acceptors (Lipinski definition) is 11. The number of halogens is 2. The van der Waals surface area contributed by atoms with Crippen LogP contribution in [0.15, 0.2) is 24.3 Å². The first-order chi connectivity index (χ1) is 14.9. The summed E-state index contributed by atoms with van der Waals surface area (Å²) < 4.78 is 10.3. The lowest BCUT2D eigenvalue weighted by Gasteiger charge is -2.39. The van der Waals surface area contributed by atoms with Crippen molar-refractivity contribution in [2.24, 2.45) is 0 Å². The normalized spacial score (nSPS) is 27.6. The number of amides is 1. The van der Waals surface area contributed by atoms with Gasteiger partial charge < -0.3 is 50.8 Å². The van der Waals surface area contributed by atoms with E-state index in [1.165, 1.54) is 24.3 Å². The highest BCUT2D eigenvalue weighted by Crippen LogP contribution is 2.25. The molecule has 0 saturated carbocycles. The molecule has 7 atom stereocenters. The van der Waals surface area contributed by atoms with Gasteiger partial charge in [-0.15, -0.1) is 0 Å². The Morgan fingerprint density at radius 3 is 2.25 bits per heavy atom. The number of carboxylic acids is 1. The fourth-order valence-corrected chi connectivity index (χ4v) is 3.00. The lowest BCUT2D eigenvalue weighted by molar-refractivity contribution is -0.295. The molecule has 7 N–H and O–H groups in total. The van der Waals surface area contributed by atoms with E-state index in [1.807, 2.05) is 0 Å². The Morgan fingerprint density at radius 2 is 1.75 bits per heavy atom. The van der Waals surface area contributed by atoms with Crippen molar-refractivity contribution in [1.82, 2.24) is 5.32 Å². The van der Waals surface area contributed by atoms with Crippen LogP contribution >= 0.6 is 23.2 Å². The molecule has 1 saturated heterocycles. The number of aliphatic carboxylic acids is 1. The molecule has 7 unspecified atom stereocenters. The fourth-order valence-electron chi connectivity index (χ4n) is 2.88. The maximum atomic E-state index is 11.9. The third-order valence-electron chi connectivity index (χ3n) is 4.62. The second-order valence-corrected chi connectivity index (χ2v) is 7.89. The van der Waals surface area contributed by atoms with Crippen LogP contribution in [0.25, 0.3) is 0 Å². The molecule has 15 heteroatoms. The van der Waals surface area contributed by atoms with E-state index in [-0.39, 0.29) is 11.3 Å². The van der Waals surface area contributed by atoms with Crippen LogP contribution in [0.4, 0.5) is 5.69 Å². The largest absolute Gasteiger partial charge is 0.733 e. The summed E-state index contributed by atoms with van der Waals surface area (Å²) >= 11 is 11.0. The molecule has 1 aromatic carbocycles. The number of benzene rings is 1. The number of nitrogens with one attached hydrogen (secondary N) is 1. The summed E-state index contributed by atoms with van der Waals surface area (Å²) in [5.41, 5.74) is 0.0273. The molecule has 13 nitrogen and oxygen atoms in total. The van der Waals surface area contributed by atoms with Crippen LogP contribution in [0, 0.1) is 5.21 Å². The van der Waals surface area contributed by atoms with Crippen LogP contribution in [-0.4, -0.2) is 90.8 Å². The van der Waals surface area contributed by atoms with Gasteiger partial charge in [-0.2, -0.15) is 0 Å². The quantitative estimate of drug-likeness (QED) is 0.154. The maximum absolute atomic E-state index is 11.9. The highest BCUT2D eigenvalue weighted by Gasteiger charge is 2.47. The Balaban J connectivity index is 2.17. The Labute approximate surface area is 190 Å². The van der Waals surface area contributed by atoms with E-state index in [4.69, 9.17) is 43.0 Å². The second kappa shape index (κ2) is 11.4. The van der Waals surface area contributed by atoms with Gasteiger partial charge in [-0.25, -0.2) is 4.79 Å². The van der Waals surface area contributed by atoms with Crippen LogP contribution in [0.2, 0.25) is 0 Å². The minimum Gasteiger partial charge on any atom is -0.733 e. The summed E-state index contributed by atoms with van der Waals surface area (Å²) in [7, 11) is 0. The molecule has 1 heterocycles. The predicted molar refractivity (Wildman–Crippen MR) is 107 cm³/mol. The second-order valence-electron chi connectivity index (χ2n) is 6.79. The minimum atomic E-state index is -1.93. The Bertz CT molecular complexity index is 782. The zero-order valence-corrected chi connectivity index (χ0v) is 17.6. The zero-order chi connectivity index (χ0) is 24.2. The summed E-state index contributed by atoms with van der Waals surface area (Å²) in [6.07, 6.45) is -10.8. The number of rotatable bonds is 9. The summed E-state index contributed by atoms with van der Waals surface area (Å²) in [5, 5.41) is 71.0. The van der Waals surface area contributed by atoms with Crippen molar-refractivity contribution in [3.8, 4) is 0 Å². The number of carboxylic acid groups (broad SMARTS) is 1. The van der Waals surface area contributed by atoms with E-state index >= 15 is 0 Å². The number of carbonyl (C=O) groups is 2. The molecule has 0 aromatic heterocycles. The van der Waals surface area contributed by atoms with Crippen LogP contribution in [0.1, 0.15) is 11.7 Å². The molecule has 0 aliphatic carbocycles. The van der Waals surface area contributed by atoms with Gasteiger partial charge in [0, 0.05) is 0 Å². The van der Waals surface area contributed by atoms with E-state index in [1.54, 1.807) is 0 Å². The fraction of sp³-hybridized carbons (Fsp3) is 0.529. The van der Waals surface area contributed by atoms with Crippen molar-refractivity contribution in [3.63, 3.8) is 0 Å². The zero-order valence-electron chi connectivity index (χ0n) is 16.1. The van der Waals surface area contributed by atoms with Crippen molar-refractivity contribution in [3.05, 3.63) is 35.0 Å². The lowest BCUT2D eigenvalue weighted by atomic mass is 9.99. The van der Waals surface area contributed by atoms with Crippen molar-refractivity contribution in [1.29, 1.82) is 0 Å². The molecule has 0 radical (unpaired) electrons. The number of hydrogen-bond donors (Lipinski definition) is 7. The van der Waals surface area contributed by atoms with Gasteiger partial charge in [0.25, 0.3) is 5.91 Å². The Hall–Kier alpha value is -1.78. The first kappa shape index (κ1) is 26.5. The summed E-state index contributed by atoms with van der Waals surface area (Å²) in [6.45, 7) is -0.598. The topological polar surface area (TPSA) is 212 Å². The van der Waals surface area contributed by atoms with Crippen molar-refractivity contribution in [2.45, 2.75) is 47.7 Å². The first-order valence-corrected chi connectivity index (χ1v) is 9.88. The van der Waals surface area contributed by atoms with Gasteiger partial charge >= 0.3 is 5.97 Å². The highest BCUT2D eigenvalue weighted by atomic mass is 35.5. The minimum absolute atomic E-state index is 0.134. The predicted octanol–water partition coefficient (Wildman–Crippen LogP) is -1.39. The number of carbonyl (C=O) groups excluding carboxylic acids is 1. The lowest BCUT2D eigenvalue weighted by Crippen LogP contribution is -2.61. The van der Waals surface area contributed by atoms with Gasteiger partial charge in [0.1, 0.15) is 24.4 Å². The standard InChI is InChI=1S/C17H21Cl2N2O11/c18-14(19)15(26)20-8(9(22)6-1-3-7(4-2-6)21(29)30)5-31-17-12(25)10(23)11(24)13(32-17)16(27)28/h1-4,8-14,17,22-25,29H,5H2,(H,20,26)(H,27,28)/q-1. The number of ether oxygens (including phenoxy) is 2. The Morgan fingerprint density at radius 1 is 1.16 bits per heavy atom. The number of aliphatic hydroxyl groups is 4. The van der Waals surface area contributed by atoms with Crippen molar-refractivity contribution in [2.75, 3.05) is 11.8 Å². The van der Waals surface area contributed by atoms with Gasteiger partial charge in [0.15, 0.2) is 17.2 Å². The molecule has 2 rings (SSSR count). The molecular formula is C17H21Cl2N2O11-. The van der Waals surface area contributed by atoms with E-state index in [2.05, 4.69) is 5.32 Å². The molecule has 1 fully saturated rings. The molecule has 180 valence electrons. The Kier molecular flexibility index (Phi) is 9.41. The number of nitrogens with zero attached hydrogens (tertiary/aromatic N) is 1. The van der Waals surface area contributed by atoms with E-state index in [0.717, 1.165) is 0 Å². The third-order valence-corrected chi connectivity index (χ3v) is 5.01. The van der Waals surface area contributed by atoms with Crippen molar-refractivity contribution >= 4 is 40.8 Å². The third kappa shape index (κ3) is 6.39. The van der Waals surface area contributed by atoms with Crippen molar-refractivity contribution < 1.29 is 49.8 Å². The summed E-state index contributed by atoms with van der Waals surface area (Å²) in [6, 6.07) is 3.62. The molecule has 1 aromatic rings. The molecule has 1 amide bonds. The van der Waals surface area contributed by atoms with E-state index in [0.29, 0.717) is 0 Å².